The van der Waals surface area contributed by atoms with Gasteiger partial charge in [0.05, 0.1) is 11.5 Å². The molecule has 0 amide bonds. The molecule has 0 heterocycles. The predicted molar refractivity (Wildman–Crippen MR) is 67.5 cm³/mol. The molecule has 1 saturated carbocycles. The normalized spacial score (nSPS) is 19.4. The summed E-state index contributed by atoms with van der Waals surface area (Å²) in [7, 11) is 0. The average molecular weight is 232 g/mol. The molecular formula is C13H28O3. The molecule has 1 aliphatic rings. The van der Waals surface area contributed by atoms with Crippen LogP contribution in [0.1, 0.15) is 66.7 Å². The third kappa shape index (κ3) is 4.52. The van der Waals surface area contributed by atoms with Crippen LogP contribution in [0.4, 0.5) is 0 Å². The number of hydrogen-bond donors (Lipinski definition) is 2. The van der Waals surface area contributed by atoms with E-state index in [1.54, 1.807) is 6.92 Å². The number of carbonyl (C=O) groups is 1. The highest BCUT2D eigenvalue weighted by atomic mass is 16.4. The highest BCUT2D eigenvalue weighted by molar-refractivity contribution is 5.75. The van der Waals surface area contributed by atoms with Crippen molar-refractivity contribution in [2.45, 2.75) is 72.8 Å². The number of aliphatic hydroxyl groups excluding tert-OH is 1. The Balaban J connectivity index is 0. The van der Waals surface area contributed by atoms with Crippen LogP contribution in [0.25, 0.3) is 0 Å². The van der Waals surface area contributed by atoms with E-state index in [0.29, 0.717) is 12.8 Å². The van der Waals surface area contributed by atoms with Gasteiger partial charge in [-0.3, -0.25) is 4.79 Å². The van der Waals surface area contributed by atoms with E-state index in [2.05, 4.69) is 0 Å². The Morgan fingerprint density at radius 2 is 1.44 bits per heavy atom. The third-order valence-electron chi connectivity index (χ3n) is 2.97. The standard InChI is InChI=1S/C9H16O3.2C2H6/c1-7(10)9(8(11)12)5-3-2-4-6-9;2*1-2/h7,10H,2-6H2,1H3,(H,11,12);2*1-2H3. The molecule has 0 aromatic rings. The van der Waals surface area contributed by atoms with Gasteiger partial charge in [0.15, 0.2) is 0 Å². The predicted octanol–water partition coefficient (Wildman–Crippen LogP) is 3.45. The van der Waals surface area contributed by atoms with Crippen LogP contribution >= 0.6 is 0 Å². The fourth-order valence-corrected chi connectivity index (χ4v) is 1.99. The molecule has 2 N–H and O–H groups in total. The van der Waals surface area contributed by atoms with E-state index < -0.39 is 17.5 Å². The molecular weight excluding hydrogens is 204 g/mol. The monoisotopic (exact) mass is 232 g/mol. The Bertz CT molecular complexity index is 170. The molecule has 98 valence electrons. The second-order valence-electron chi connectivity index (χ2n) is 3.70. The Kier molecular flexibility index (Phi) is 10.7. The number of aliphatic hydroxyl groups is 1. The minimum absolute atomic E-state index is 0.625. The molecule has 1 atom stereocenters. The minimum Gasteiger partial charge on any atom is -0.481 e. The number of hydrogen-bond acceptors (Lipinski definition) is 2. The van der Waals surface area contributed by atoms with Gasteiger partial charge >= 0.3 is 5.97 Å². The van der Waals surface area contributed by atoms with E-state index >= 15 is 0 Å². The first kappa shape index (κ1) is 17.8. The second kappa shape index (κ2) is 9.64. The Labute approximate surface area is 99.9 Å². The van der Waals surface area contributed by atoms with Gasteiger partial charge in [-0.2, -0.15) is 0 Å². The first-order valence-corrected chi connectivity index (χ1v) is 6.51. The minimum atomic E-state index is -0.849. The van der Waals surface area contributed by atoms with Gasteiger partial charge < -0.3 is 10.2 Å². The van der Waals surface area contributed by atoms with Crippen LogP contribution in [-0.4, -0.2) is 22.3 Å². The lowest BCUT2D eigenvalue weighted by atomic mass is 9.71. The fourth-order valence-electron chi connectivity index (χ4n) is 1.99. The van der Waals surface area contributed by atoms with Crippen molar-refractivity contribution in [2.75, 3.05) is 0 Å². The first-order chi connectivity index (χ1) is 7.59. The SMILES string of the molecule is CC.CC.CC(O)C1(C(=O)O)CCCCC1. The largest absolute Gasteiger partial charge is 0.481 e. The van der Waals surface area contributed by atoms with Crippen molar-refractivity contribution in [1.82, 2.24) is 0 Å². The summed E-state index contributed by atoms with van der Waals surface area (Å²) in [6.45, 7) is 9.58. The average Bonchev–Trinajstić information content (AvgIpc) is 2.34. The van der Waals surface area contributed by atoms with Crippen molar-refractivity contribution in [1.29, 1.82) is 0 Å². The Hall–Kier alpha value is -0.570. The molecule has 0 spiro atoms. The van der Waals surface area contributed by atoms with E-state index in [4.69, 9.17) is 5.11 Å². The third-order valence-corrected chi connectivity index (χ3v) is 2.97. The molecule has 1 unspecified atom stereocenters. The van der Waals surface area contributed by atoms with Crippen LogP contribution in [0, 0.1) is 5.41 Å². The van der Waals surface area contributed by atoms with Crippen molar-refractivity contribution >= 4 is 5.97 Å². The lowest BCUT2D eigenvalue weighted by Gasteiger charge is -2.35. The fraction of sp³-hybridized carbons (Fsp3) is 0.923. The molecule has 3 heteroatoms. The molecule has 0 aromatic carbocycles. The number of carboxylic acids is 1. The Morgan fingerprint density at radius 3 is 1.62 bits per heavy atom. The van der Waals surface area contributed by atoms with Gasteiger partial charge in [0, 0.05) is 0 Å². The summed E-state index contributed by atoms with van der Waals surface area (Å²) in [6, 6.07) is 0. The van der Waals surface area contributed by atoms with E-state index in [0.717, 1.165) is 19.3 Å². The molecule has 0 radical (unpaired) electrons. The van der Waals surface area contributed by atoms with Crippen molar-refractivity contribution in [3.8, 4) is 0 Å². The van der Waals surface area contributed by atoms with Crippen LogP contribution in [0.15, 0.2) is 0 Å². The first-order valence-electron chi connectivity index (χ1n) is 6.51. The van der Waals surface area contributed by atoms with Crippen molar-refractivity contribution in [3.63, 3.8) is 0 Å². The lowest BCUT2D eigenvalue weighted by molar-refractivity contribution is -0.159. The maximum atomic E-state index is 11.0. The summed E-state index contributed by atoms with van der Waals surface area (Å²) in [5, 5.41) is 18.4. The molecule has 3 nitrogen and oxygen atoms in total. The second-order valence-corrected chi connectivity index (χ2v) is 3.70. The van der Waals surface area contributed by atoms with Gasteiger partial charge in [-0.25, -0.2) is 0 Å². The molecule has 1 rings (SSSR count). The van der Waals surface area contributed by atoms with Gasteiger partial charge in [0.2, 0.25) is 0 Å². The van der Waals surface area contributed by atoms with Gasteiger partial charge in [-0.05, 0) is 19.8 Å². The van der Waals surface area contributed by atoms with Crippen LogP contribution in [-0.2, 0) is 4.79 Å². The molecule has 1 fully saturated rings. The van der Waals surface area contributed by atoms with Crippen molar-refractivity contribution in [3.05, 3.63) is 0 Å². The maximum absolute atomic E-state index is 11.0. The highest BCUT2D eigenvalue weighted by Gasteiger charge is 2.43. The maximum Gasteiger partial charge on any atom is 0.312 e. The van der Waals surface area contributed by atoms with Gasteiger partial charge in [0.1, 0.15) is 0 Å². The molecule has 0 saturated heterocycles. The summed E-state index contributed by atoms with van der Waals surface area (Å²) in [5.74, 6) is -0.836. The quantitative estimate of drug-likeness (QED) is 0.766. The van der Waals surface area contributed by atoms with E-state index in [1.165, 1.54) is 0 Å². The van der Waals surface area contributed by atoms with Crippen LogP contribution in [0.3, 0.4) is 0 Å². The van der Waals surface area contributed by atoms with E-state index in [9.17, 15) is 9.90 Å². The molecule has 0 aromatic heterocycles. The summed E-state index contributed by atoms with van der Waals surface area (Å²) < 4.78 is 0. The van der Waals surface area contributed by atoms with Crippen LogP contribution in [0.2, 0.25) is 0 Å². The van der Waals surface area contributed by atoms with Crippen LogP contribution < -0.4 is 0 Å². The van der Waals surface area contributed by atoms with Gasteiger partial charge in [-0.15, -0.1) is 0 Å². The topological polar surface area (TPSA) is 57.5 Å². The number of carboxylic acid groups (broad SMARTS) is 1. The summed E-state index contributed by atoms with van der Waals surface area (Å²) in [5.41, 5.74) is -0.849. The Morgan fingerprint density at radius 1 is 1.06 bits per heavy atom. The highest BCUT2D eigenvalue weighted by Crippen LogP contribution is 2.39. The van der Waals surface area contributed by atoms with E-state index in [-0.39, 0.29) is 0 Å². The molecule has 0 bridgehead atoms. The number of aliphatic carboxylic acids is 1. The van der Waals surface area contributed by atoms with E-state index in [1.807, 2.05) is 27.7 Å². The number of rotatable bonds is 2. The molecule has 0 aliphatic heterocycles. The summed E-state index contributed by atoms with van der Waals surface area (Å²) in [4.78, 5) is 11.0. The van der Waals surface area contributed by atoms with Crippen molar-refractivity contribution < 1.29 is 15.0 Å². The van der Waals surface area contributed by atoms with Gasteiger partial charge in [0.25, 0.3) is 0 Å². The zero-order chi connectivity index (χ0) is 13.2. The molecule has 16 heavy (non-hydrogen) atoms. The zero-order valence-corrected chi connectivity index (χ0v) is 11.4. The molecule has 1 aliphatic carbocycles. The smallest absolute Gasteiger partial charge is 0.312 e. The van der Waals surface area contributed by atoms with Crippen molar-refractivity contribution in [2.24, 2.45) is 5.41 Å². The summed E-state index contributed by atoms with van der Waals surface area (Å²) >= 11 is 0. The lowest BCUT2D eigenvalue weighted by Crippen LogP contribution is -2.42. The zero-order valence-electron chi connectivity index (χ0n) is 11.4. The van der Waals surface area contributed by atoms with Crippen LogP contribution in [0.5, 0.6) is 0 Å². The summed E-state index contributed by atoms with van der Waals surface area (Å²) in [6.07, 6.45) is 3.48. The van der Waals surface area contributed by atoms with Gasteiger partial charge in [-0.1, -0.05) is 47.0 Å².